The third-order valence-electron chi connectivity index (χ3n) is 2.66. The zero-order valence-corrected chi connectivity index (χ0v) is 15.0. The molecule has 2 nitrogen and oxygen atoms in total. The molecule has 0 aliphatic carbocycles. The molecule has 0 saturated heterocycles. The maximum atomic E-state index is 5.97. The normalized spacial score (nSPS) is 11.5. The fourth-order valence-electron chi connectivity index (χ4n) is 1.64. The average molecular weight is 430 g/mol. The molecule has 0 bridgehead atoms. The van der Waals surface area contributed by atoms with Crippen LogP contribution in [0.2, 0.25) is 5.02 Å². The van der Waals surface area contributed by atoms with E-state index >= 15 is 0 Å². The molecule has 2 rings (SSSR count). The summed E-state index contributed by atoms with van der Waals surface area (Å²) in [6.45, 7) is 0. The van der Waals surface area contributed by atoms with E-state index in [0.29, 0.717) is 5.02 Å². The van der Waals surface area contributed by atoms with Gasteiger partial charge in [-0.05, 0) is 0 Å². The van der Waals surface area contributed by atoms with Gasteiger partial charge in [0, 0.05) is 0 Å². The topological polar surface area (TPSA) is 21.6 Å². The predicted octanol–water partition coefficient (Wildman–Crippen LogP) is 5.18. The fourth-order valence-corrected chi connectivity index (χ4v) is 3.59. The van der Waals surface area contributed by atoms with Crippen LogP contribution < -0.4 is 4.74 Å². The van der Waals surface area contributed by atoms with Crippen molar-refractivity contribution in [3.05, 3.63) is 58.6 Å². The molecule has 0 aliphatic heterocycles. The Kier molecular flexibility index (Phi) is 6.38. The number of rotatable bonds is 4. The molecule has 0 aliphatic rings. The third-order valence-corrected chi connectivity index (χ3v) is 4.75. The van der Waals surface area contributed by atoms with Crippen molar-refractivity contribution < 1.29 is 18.3 Å². The summed E-state index contributed by atoms with van der Waals surface area (Å²) in [6, 6.07) is 13.0. The summed E-state index contributed by atoms with van der Waals surface area (Å²) in [6.07, 6.45) is 1.78. The van der Waals surface area contributed by atoms with Crippen LogP contribution in [0.15, 0.2) is 47.5 Å². The van der Waals surface area contributed by atoms with Crippen molar-refractivity contribution in [1.82, 2.24) is 0 Å². The van der Waals surface area contributed by atoms with Crippen LogP contribution in [0, 0.1) is 0 Å². The third kappa shape index (κ3) is 5.19. The molecule has 0 unspecified atom stereocenters. The first-order chi connectivity index (χ1) is 10.1. The number of aliphatic imine (C=N–C) groups is 1. The number of nitrogens with zero attached hydrogens (tertiary/aromatic N) is 1. The molecule has 2 aromatic rings. The van der Waals surface area contributed by atoms with Gasteiger partial charge in [-0.15, -0.1) is 0 Å². The maximum absolute atomic E-state index is 5.97. The standard InChI is InChI=1S/C15H12ClNO.2ClH.Ru/c1-11-9-15(18-2)8-3-12(11)10-17-14-6-4-13(16)5-7-14;;;/h1,3-10H,2H3;2*1H;/q;;;+2/p-2. The predicted molar refractivity (Wildman–Crippen MR) is 88.6 cm³/mol. The van der Waals surface area contributed by atoms with Crippen LogP contribution in [0.3, 0.4) is 0 Å². The van der Waals surface area contributed by atoms with E-state index in [9.17, 15) is 0 Å². The second kappa shape index (κ2) is 8.05. The SMILES string of the molecule is COc1ccc(C=Nc2ccc(Cl)cc2)c([CH]=[Ru]([Cl])[Cl])c1. The van der Waals surface area contributed by atoms with E-state index in [0.717, 1.165) is 22.6 Å². The van der Waals surface area contributed by atoms with E-state index in [1.807, 2.05) is 34.9 Å². The van der Waals surface area contributed by atoms with Crippen LogP contribution in [0.25, 0.3) is 0 Å². The summed E-state index contributed by atoms with van der Waals surface area (Å²) < 4.78 is 7.09. The summed E-state index contributed by atoms with van der Waals surface area (Å²) in [5, 5.41) is 0.686. The molecule has 112 valence electrons. The van der Waals surface area contributed by atoms with Crippen molar-refractivity contribution in [2.45, 2.75) is 0 Å². The van der Waals surface area contributed by atoms with Gasteiger partial charge in [0.1, 0.15) is 0 Å². The summed E-state index contributed by atoms with van der Waals surface area (Å²) in [4.78, 5) is 4.43. The second-order valence-corrected chi connectivity index (χ2v) is 10.2. The molecular formula is C15H12Cl3NORu. The van der Waals surface area contributed by atoms with Gasteiger partial charge in [-0.1, -0.05) is 0 Å². The zero-order valence-electron chi connectivity index (χ0n) is 11.0. The first kappa shape index (κ1) is 16.6. The minimum atomic E-state index is -1.92. The molecule has 21 heavy (non-hydrogen) atoms. The van der Waals surface area contributed by atoms with Crippen molar-refractivity contribution in [3.8, 4) is 5.75 Å². The van der Waals surface area contributed by atoms with Gasteiger partial charge in [0.15, 0.2) is 0 Å². The van der Waals surface area contributed by atoms with E-state index < -0.39 is 13.5 Å². The van der Waals surface area contributed by atoms with Gasteiger partial charge in [0.25, 0.3) is 0 Å². The molecule has 0 fully saturated rings. The summed E-state index contributed by atoms with van der Waals surface area (Å²) >= 11 is 3.93. The van der Waals surface area contributed by atoms with Crippen LogP contribution in [-0.2, 0) is 13.5 Å². The number of halogens is 3. The molecule has 0 aromatic heterocycles. The van der Waals surface area contributed by atoms with E-state index in [-0.39, 0.29) is 0 Å². The molecule has 6 heteroatoms. The van der Waals surface area contributed by atoms with Crippen LogP contribution in [-0.4, -0.2) is 17.9 Å². The number of benzene rings is 2. The van der Waals surface area contributed by atoms with Crippen molar-refractivity contribution in [1.29, 1.82) is 0 Å². The van der Waals surface area contributed by atoms with E-state index in [2.05, 4.69) is 4.99 Å². The van der Waals surface area contributed by atoms with Gasteiger partial charge in [-0.2, -0.15) is 0 Å². The molecule has 0 radical (unpaired) electrons. The average Bonchev–Trinajstić information content (AvgIpc) is 2.47. The first-order valence-electron chi connectivity index (χ1n) is 5.89. The van der Waals surface area contributed by atoms with Gasteiger partial charge < -0.3 is 0 Å². The number of hydrogen-bond acceptors (Lipinski definition) is 2. The van der Waals surface area contributed by atoms with E-state index in [4.69, 9.17) is 35.7 Å². The summed E-state index contributed by atoms with van der Waals surface area (Å²) in [5.41, 5.74) is 2.69. The van der Waals surface area contributed by atoms with E-state index in [1.165, 1.54) is 0 Å². The Bertz CT molecular complexity index is 680. The Balaban J connectivity index is 2.34. The molecule has 0 saturated carbocycles. The zero-order chi connectivity index (χ0) is 15.2. The molecular weight excluding hydrogens is 418 g/mol. The van der Waals surface area contributed by atoms with Crippen molar-refractivity contribution >= 4 is 47.5 Å². The van der Waals surface area contributed by atoms with Gasteiger partial charge in [-0.3, -0.25) is 0 Å². The van der Waals surface area contributed by atoms with E-state index in [1.54, 1.807) is 25.5 Å². The van der Waals surface area contributed by atoms with Crippen LogP contribution in [0.5, 0.6) is 5.75 Å². The van der Waals surface area contributed by atoms with Crippen LogP contribution >= 0.6 is 31.0 Å². The Labute approximate surface area is 141 Å². The van der Waals surface area contributed by atoms with Gasteiger partial charge >= 0.3 is 142 Å². The van der Waals surface area contributed by atoms with Gasteiger partial charge in [-0.25, -0.2) is 0 Å². The van der Waals surface area contributed by atoms with Gasteiger partial charge in [0.2, 0.25) is 0 Å². The van der Waals surface area contributed by atoms with Crippen molar-refractivity contribution in [2.75, 3.05) is 7.11 Å². The second-order valence-electron chi connectivity index (χ2n) is 4.04. The summed E-state index contributed by atoms with van der Waals surface area (Å²) in [7, 11) is 13.6. The quantitative estimate of drug-likeness (QED) is 0.485. The van der Waals surface area contributed by atoms with Crippen LogP contribution in [0.1, 0.15) is 11.1 Å². The molecule has 0 amide bonds. The monoisotopic (exact) mass is 429 g/mol. The van der Waals surface area contributed by atoms with Gasteiger partial charge in [0.05, 0.1) is 0 Å². The fraction of sp³-hybridized carbons (Fsp3) is 0.0667. The molecule has 0 N–H and O–H groups in total. The minimum absolute atomic E-state index is 0.686. The molecule has 0 spiro atoms. The Morgan fingerprint density at radius 1 is 1.05 bits per heavy atom. The van der Waals surface area contributed by atoms with Crippen LogP contribution in [0.4, 0.5) is 5.69 Å². The van der Waals surface area contributed by atoms with Crippen molar-refractivity contribution in [3.63, 3.8) is 0 Å². The summed E-state index contributed by atoms with van der Waals surface area (Å²) in [5.74, 6) is 0.758. The first-order valence-corrected chi connectivity index (χ1v) is 11.7. The van der Waals surface area contributed by atoms with Crippen molar-refractivity contribution in [2.24, 2.45) is 4.99 Å². The Morgan fingerprint density at radius 3 is 2.38 bits per heavy atom. The number of methoxy groups -OCH3 is 1. The Morgan fingerprint density at radius 2 is 1.76 bits per heavy atom. The number of hydrogen-bond donors (Lipinski definition) is 0. The molecule has 0 heterocycles. The Hall–Kier alpha value is -0.727. The molecule has 0 atom stereocenters. The number of ether oxygens (including phenoxy) is 1. The molecule has 2 aromatic carbocycles.